The molecule has 0 unspecified atom stereocenters. The van der Waals surface area contributed by atoms with Crippen LogP contribution in [0, 0.1) is 0 Å². The molecule has 1 aliphatic rings. The number of thioether (sulfide) groups is 1. The number of hydrogen-bond donors (Lipinski definition) is 0. The fraction of sp³-hybridized carbons (Fsp3) is 0.172. The quantitative estimate of drug-likeness (QED) is 0.221. The Hall–Kier alpha value is -3.28. The van der Waals surface area contributed by atoms with Gasteiger partial charge in [-0.3, -0.25) is 4.79 Å². The van der Waals surface area contributed by atoms with Gasteiger partial charge in [0.1, 0.15) is 12.4 Å². The van der Waals surface area contributed by atoms with Crippen LogP contribution in [0.3, 0.4) is 0 Å². The third-order valence-electron chi connectivity index (χ3n) is 5.92. The number of aromatic nitrogens is 1. The molecule has 1 aliphatic heterocycles. The van der Waals surface area contributed by atoms with E-state index in [4.69, 9.17) is 16.3 Å². The van der Waals surface area contributed by atoms with Crippen molar-refractivity contribution in [2.24, 2.45) is 0 Å². The van der Waals surface area contributed by atoms with Gasteiger partial charge in [-0.05, 0) is 53.6 Å². The van der Waals surface area contributed by atoms with Crippen molar-refractivity contribution in [1.29, 1.82) is 0 Å². The van der Waals surface area contributed by atoms with Gasteiger partial charge in [0.05, 0.1) is 11.2 Å². The Balaban J connectivity index is 1.35. The predicted octanol–water partition coefficient (Wildman–Crippen LogP) is 6.58. The number of fused-ring (bicyclic) bond motifs is 1. The van der Waals surface area contributed by atoms with E-state index in [1.165, 1.54) is 0 Å². The molecule has 1 aromatic heterocycles. The number of pyridine rings is 1. The molecular formula is C29H25ClN2O2S. The topological polar surface area (TPSA) is 42.4 Å². The largest absolute Gasteiger partial charge is 0.487 e. The van der Waals surface area contributed by atoms with E-state index in [9.17, 15) is 4.79 Å². The van der Waals surface area contributed by atoms with E-state index >= 15 is 0 Å². The molecule has 5 rings (SSSR count). The van der Waals surface area contributed by atoms with Crippen LogP contribution in [0.1, 0.15) is 16.8 Å². The molecule has 4 nitrogen and oxygen atoms in total. The first kappa shape index (κ1) is 23.5. The minimum Gasteiger partial charge on any atom is -0.487 e. The number of hydrogen-bond acceptors (Lipinski definition) is 4. The third kappa shape index (κ3) is 5.87. The summed E-state index contributed by atoms with van der Waals surface area (Å²) in [5.74, 6) is 2.72. The number of para-hydroxylation sites is 1. The van der Waals surface area contributed by atoms with E-state index in [1.807, 2.05) is 102 Å². The summed E-state index contributed by atoms with van der Waals surface area (Å²) < 4.78 is 5.99. The minimum atomic E-state index is 0.0503. The van der Waals surface area contributed by atoms with Crippen molar-refractivity contribution in [3.8, 4) is 5.75 Å². The fourth-order valence-corrected chi connectivity index (χ4v) is 5.04. The molecule has 6 heteroatoms. The summed E-state index contributed by atoms with van der Waals surface area (Å²) in [5, 5.41) is 1.78. The lowest BCUT2D eigenvalue weighted by Crippen LogP contribution is -2.38. The van der Waals surface area contributed by atoms with Crippen LogP contribution in [0.15, 0.2) is 84.9 Å². The van der Waals surface area contributed by atoms with Gasteiger partial charge in [-0.2, -0.15) is 11.8 Å². The highest BCUT2D eigenvalue weighted by Crippen LogP contribution is 2.26. The van der Waals surface area contributed by atoms with Crippen LogP contribution in [-0.4, -0.2) is 40.4 Å². The number of nitrogens with zero attached hydrogens (tertiary/aromatic N) is 2. The normalized spacial score (nSPS) is 14.2. The zero-order chi connectivity index (χ0) is 24.0. The van der Waals surface area contributed by atoms with Gasteiger partial charge >= 0.3 is 0 Å². The van der Waals surface area contributed by atoms with Crippen molar-refractivity contribution >= 4 is 51.8 Å². The summed E-state index contributed by atoms with van der Waals surface area (Å²) in [5.41, 5.74) is 4.29. The lowest BCUT2D eigenvalue weighted by Gasteiger charge is -2.27. The standard InChI is InChI=1S/C29H25ClN2O2S/c30-24-10-5-21(6-11-24)19-27(29(33)32-15-17-35-18-16-32)22-8-13-26(14-9-22)34-20-25-12-7-23-3-1-2-4-28(23)31-25/h1-14,19H,15-18,20H2/b27-19+. The van der Waals surface area contributed by atoms with Gasteiger partial charge in [0.25, 0.3) is 5.91 Å². The van der Waals surface area contributed by atoms with Crippen molar-refractivity contribution in [2.75, 3.05) is 24.6 Å². The summed E-state index contributed by atoms with van der Waals surface area (Å²) in [6, 6.07) is 27.3. The number of benzene rings is 3. The number of rotatable bonds is 6. The summed E-state index contributed by atoms with van der Waals surface area (Å²) in [6.07, 6.45) is 1.94. The van der Waals surface area contributed by atoms with Crippen LogP contribution >= 0.6 is 23.4 Å². The van der Waals surface area contributed by atoms with Crippen molar-refractivity contribution in [2.45, 2.75) is 6.61 Å². The molecule has 0 N–H and O–H groups in total. The maximum Gasteiger partial charge on any atom is 0.254 e. The zero-order valence-electron chi connectivity index (χ0n) is 19.2. The van der Waals surface area contributed by atoms with E-state index in [0.717, 1.165) is 58.1 Å². The monoisotopic (exact) mass is 500 g/mol. The van der Waals surface area contributed by atoms with Crippen LogP contribution < -0.4 is 4.74 Å². The van der Waals surface area contributed by atoms with Crippen LogP contribution in [0.2, 0.25) is 5.02 Å². The van der Waals surface area contributed by atoms with E-state index in [0.29, 0.717) is 17.2 Å². The third-order valence-corrected chi connectivity index (χ3v) is 7.11. The lowest BCUT2D eigenvalue weighted by molar-refractivity contribution is -0.124. The highest BCUT2D eigenvalue weighted by atomic mass is 35.5. The molecule has 2 heterocycles. The van der Waals surface area contributed by atoms with Crippen molar-refractivity contribution in [1.82, 2.24) is 9.88 Å². The molecule has 1 amide bonds. The Morgan fingerprint density at radius 1 is 0.943 bits per heavy atom. The molecule has 176 valence electrons. The summed E-state index contributed by atoms with van der Waals surface area (Å²) in [6.45, 7) is 1.91. The number of amides is 1. The first-order valence-corrected chi connectivity index (χ1v) is 13.1. The second-order valence-corrected chi connectivity index (χ2v) is 9.98. The number of ether oxygens (including phenoxy) is 1. The van der Waals surface area contributed by atoms with Gasteiger partial charge in [0.2, 0.25) is 0 Å². The van der Waals surface area contributed by atoms with Crippen LogP contribution in [0.5, 0.6) is 5.75 Å². The Kier molecular flexibility index (Phi) is 7.36. The average Bonchev–Trinajstić information content (AvgIpc) is 2.92. The molecule has 0 atom stereocenters. The highest BCUT2D eigenvalue weighted by Gasteiger charge is 2.22. The Bertz CT molecular complexity index is 1350. The highest BCUT2D eigenvalue weighted by molar-refractivity contribution is 7.99. The smallest absolute Gasteiger partial charge is 0.254 e. The van der Waals surface area contributed by atoms with Gasteiger partial charge in [0, 0.05) is 40.6 Å². The fourth-order valence-electron chi connectivity index (χ4n) is 4.01. The van der Waals surface area contributed by atoms with E-state index < -0.39 is 0 Å². The average molecular weight is 501 g/mol. The SMILES string of the molecule is O=C(/C(=C/c1ccc(Cl)cc1)c1ccc(OCc2ccc3ccccc3n2)cc1)N1CCSCC1. The summed E-state index contributed by atoms with van der Waals surface area (Å²) in [4.78, 5) is 20.1. The van der Waals surface area contributed by atoms with E-state index in [2.05, 4.69) is 11.1 Å². The second kappa shape index (κ2) is 11.0. The first-order chi connectivity index (χ1) is 17.2. The van der Waals surface area contributed by atoms with Gasteiger partial charge in [-0.1, -0.05) is 60.1 Å². The summed E-state index contributed by atoms with van der Waals surface area (Å²) >= 11 is 7.94. The number of halogens is 1. The molecule has 0 radical (unpaired) electrons. The van der Waals surface area contributed by atoms with E-state index in [1.54, 1.807) is 0 Å². The molecule has 0 aliphatic carbocycles. The Morgan fingerprint density at radius 2 is 1.69 bits per heavy atom. The molecule has 0 bridgehead atoms. The maximum atomic E-state index is 13.5. The molecule has 0 spiro atoms. The lowest BCUT2D eigenvalue weighted by atomic mass is 10.0. The second-order valence-electron chi connectivity index (χ2n) is 8.32. The Labute approximate surface area is 214 Å². The Morgan fingerprint density at radius 3 is 2.46 bits per heavy atom. The van der Waals surface area contributed by atoms with Crippen LogP contribution in [-0.2, 0) is 11.4 Å². The molecule has 0 saturated carbocycles. The molecule has 1 fully saturated rings. The van der Waals surface area contributed by atoms with Gasteiger partial charge in [-0.15, -0.1) is 0 Å². The zero-order valence-corrected chi connectivity index (χ0v) is 20.8. The van der Waals surface area contributed by atoms with Crippen molar-refractivity contribution < 1.29 is 9.53 Å². The molecule has 4 aromatic rings. The molecular weight excluding hydrogens is 476 g/mol. The van der Waals surface area contributed by atoms with E-state index in [-0.39, 0.29) is 5.91 Å². The maximum absolute atomic E-state index is 13.5. The minimum absolute atomic E-state index is 0.0503. The molecule has 35 heavy (non-hydrogen) atoms. The number of carbonyl (C=O) groups is 1. The van der Waals surface area contributed by atoms with Crippen LogP contribution in [0.4, 0.5) is 0 Å². The van der Waals surface area contributed by atoms with Gasteiger partial charge in [0.15, 0.2) is 0 Å². The van der Waals surface area contributed by atoms with Crippen molar-refractivity contribution in [3.05, 3.63) is 107 Å². The van der Waals surface area contributed by atoms with Crippen molar-refractivity contribution in [3.63, 3.8) is 0 Å². The number of carbonyl (C=O) groups excluding carboxylic acids is 1. The van der Waals surface area contributed by atoms with Crippen LogP contribution in [0.25, 0.3) is 22.6 Å². The molecule has 1 saturated heterocycles. The predicted molar refractivity (Wildman–Crippen MR) is 146 cm³/mol. The summed E-state index contributed by atoms with van der Waals surface area (Å²) in [7, 11) is 0. The van der Waals surface area contributed by atoms with Gasteiger partial charge < -0.3 is 9.64 Å². The first-order valence-electron chi connectivity index (χ1n) is 11.6. The molecule has 3 aromatic carbocycles. The van der Waals surface area contributed by atoms with Gasteiger partial charge in [-0.25, -0.2) is 4.98 Å².